The highest BCUT2D eigenvalue weighted by Gasteiger charge is 2.26. The van der Waals surface area contributed by atoms with E-state index in [1.54, 1.807) is 7.11 Å². The van der Waals surface area contributed by atoms with Crippen LogP contribution in [0.3, 0.4) is 0 Å². The van der Waals surface area contributed by atoms with E-state index in [1.165, 1.54) is 18.7 Å². The van der Waals surface area contributed by atoms with Crippen LogP contribution in [0, 0.1) is 22.7 Å². The second-order valence-corrected chi connectivity index (χ2v) is 7.40. The van der Waals surface area contributed by atoms with Crippen LogP contribution in [0.25, 0.3) is 22.4 Å². The van der Waals surface area contributed by atoms with E-state index >= 15 is 0 Å². The fourth-order valence-electron chi connectivity index (χ4n) is 3.00. The number of nitrogens with zero attached hydrogens (tertiary/aromatic N) is 5. The summed E-state index contributed by atoms with van der Waals surface area (Å²) in [4.78, 5) is 17.0. The first-order chi connectivity index (χ1) is 13.5. The Kier molecular flexibility index (Phi) is 6.02. The minimum absolute atomic E-state index is 0.0224. The van der Waals surface area contributed by atoms with Crippen LogP contribution in [-0.4, -0.2) is 50.7 Å². The molecule has 9 heteroatoms. The van der Waals surface area contributed by atoms with Gasteiger partial charge in [0.1, 0.15) is 11.6 Å². The zero-order valence-electron chi connectivity index (χ0n) is 15.8. The first-order valence-electron chi connectivity index (χ1n) is 8.70. The molecule has 0 spiro atoms. The Hall–Kier alpha value is -2.83. The number of rotatable bonds is 8. The lowest BCUT2D eigenvalue weighted by atomic mass is 10.0. The molecule has 0 bridgehead atoms. The lowest BCUT2D eigenvalue weighted by Gasteiger charge is -2.21. The number of nitrogens with one attached hydrogen (secondary N) is 1. The Morgan fingerprint density at radius 2 is 2.14 bits per heavy atom. The van der Waals surface area contributed by atoms with Crippen LogP contribution in [-0.2, 0) is 9.53 Å². The Balaban J connectivity index is 2.01. The molecule has 2 aliphatic heterocycles. The van der Waals surface area contributed by atoms with Crippen LogP contribution < -0.4 is 0 Å². The molecule has 28 heavy (non-hydrogen) atoms. The molecule has 1 N–H and O–H groups in total. The van der Waals surface area contributed by atoms with Crippen molar-refractivity contribution in [3.05, 3.63) is 24.3 Å². The van der Waals surface area contributed by atoms with E-state index in [-0.39, 0.29) is 23.3 Å². The highest BCUT2D eigenvalue weighted by molar-refractivity contribution is 7.99. The largest absolute Gasteiger partial charge is 0.383 e. The molecule has 0 unspecified atom stereocenters. The minimum atomic E-state index is -1.03. The van der Waals surface area contributed by atoms with Gasteiger partial charge in [-0.1, -0.05) is 30.0 Å². The molecular weight excluding hydrogens is 376 g/mol. The molecule has 2 heterocycles. The van der Waals surface area contributed by atoms with E-state index in [1.807, 2.05) is 41.8 Å². The van der Waals surface area contributed by atoms with Gasteiger partial charge in [0.15, 0.2) is 16.8 Å². The minimum Gasteiger partial charge on any atom is -0.383 e. The maximum Gasteiger partial charge on any atom is 0.192 e. The van der Waals surface area contributed by atoms with Crippen LogP contribution in [0.4, 0.5) is 0 Å². The molecule has 144 valence electrons. The number of hydrogen-bond donors (Lipinski definition) is 1. The van der Waals surface area contributed by atoms with Crippen LogP contribution >= 0.6 is 11.8 Å². The lowest BCUT2D eigenvalue weighted by molar-refractivity contribution is -0.117. The maximum absolute atomic E-state index is 12.3. The van der Waals surface area contributed by atoms with Gasteiger partial charge in [0.25, 0.3) is 0 Å². The molecule has 1 aromatic carbocycles. The number of benzene rings is 1. The third-order valence-electron chi connectivity index (χ3n) is 4.34. The van der Waals surface area contributed by atoms with E-state index in [2.05, 4.69) is 10.2 Å². The Morgan fingerprint density at radius 3 is 2.82 bits per heavy atom. The number of ketones is 1. The van der Waals surface area contributed by atoms with Crippen molar-refractivity contribution < 1.29 is 9.53 Å². The van der Waals surface area contributed by atoms with Gasteiger partial charge >= 0.3 is 0 Å². The quantitative estimate of drug-likeness (QED) is 0.459. The number of hydrogen-bond acceptors (Lipinski definition) is 8. The smallest absolute Gasteiger partial charge is 0.192 e. The lowest BCUT2D eigenvalue weighted by Crippen LogP contribution is -2.23. The van der Waals surface area contributed by atoms with E-state index in [9.17, 15) is 4.79 Å². The Bertz CT molecular complexity index is 1040. The van der Waals surface area contributed by atoms with Gasteiger partial charge in [0.2, 0.25) is 0 Å². The average molecular weight is 396 g/mol. The molecular formula is C19H20N6O2S. The van der Waals surface area contributed by atoms with Gasteiger partial charge < -0.3 is 10.1 Å². The number of fused-ring (bicyclic) bond motifs is 3. The molecule has 1 aromatic rings. The standard InChI is InChI=1S/C19H20N6O2S/c1-11(9-27-3)25-18-17(13-6-4-5-7-15(13)22-18)23-24-19(25)28-10-16(26)14(8-20)12(2)21/h4-7,11,14,21H,9-10H2,1-3H3/t11-,14-/m0/s1. The van der Waals surface area contributed by atoms with Gasteiger partial charge in [-0.3, -0.25) is 9.36 Å². The van der Waals surface area contributed by atoms with Gasteiger partial charge in [-0.15, -0.1) is 10.2 Å². The number of para-hydroxylation sites is 1. The van der Waals surface area contributed by atoms with Crippen LogP contribution in [0.15, 0.2) is 29.4 Å². The number of ether oxygens (including phenoxy) is 1. The SMILES string of the molecule is COC[C@H](C)n1c(SCC(=O)[C@@H](C#N)C(C)=N)nnc2c3ccccc3nc1-2. The topological polar surface area (TPSA) is 118 Å². The van der Waals surface area contributed by atoms with E-state index < -0.39 is 5.92 Å². The molecule has 0 fully saturated rings. The maximum atomic E-state index is 12.3. The molecule has 3 rings (SSSR count). The molecule has 0 aromatic heterocycles. The summed E-state index contributed by atoms with van der Waals surface area (Å²) in [6.07, 6.45) is 0. The second-order valence-electron chi connectivity index (χ2n) is 6.46. The predicted molar refractivity (Wildman–Crippen MR) is 107 cm³/mol. The predicted octanol–water partition coefficient (Wildman–Crippen LogP) is 2.98. The third-order valence-corrected chi connectivity index (χ3v) is 5.31. The summed E-state index contributed by atoms with van der Waals surface area (Å²) in [5.41, 5.74) is 1.56. The van der Waals surface area contributed by atoms with Crippen molar-refractivity contribution in [2.75, 3.05) is 19.5 Å². The average Bonchev–Trinajstić information content (AvgIpc) is 3.04. The first-order valence-corrected chi connectivity index (χ1v) is 9.69. The number of carbonyl (C=O) groups excluding carboxylic acids is 1. The van der Waals surface area contributed by atoms with Crippen LogP contribution in [0.1, 0.15) is 19.9 Å². The van der Waals surface area contributed by atoms with Crippen LogP contribution in [0.5, 0.6) is 0 Å². The molecule has 2 aliphatic rings. The number of methoxy groups -OCH3 is 1. The number of thioether (sulfide) groups is 1. The number of Topliss-reactive ketones (excluding diaryl/α,β-unsaturated/α-hetero) is 1. The third kappa shape index (κ3) is 3.74. The molecule has 0 radical (unpaired) electrons. The van der Waals surface area contributed by atoms with E-state index in [0.717, 1.165) is 10.9 Å². The Morgan fingerprint density at radius 1 is 1.39 bits per heavy atom. The van der Waals surface area contributed by atoms with E-state index in [0.29, 0.717) is 23.3 Å². The number of aromatic nitrogens is 4. The fraction of sp³-hybridized carbons (Fsp3) is 0.368. The molecule has 2 atom stereocenters. The van der Waals surface area contributed by atoms with Crippen molar-refractivity contribution in [1.29, 1.82) is 10.7 Å². The summed E-state index contributed by atoms with van der Waals surface area (Å²) >= 11 is 1.19. The van der Waals surface area contributed by atoms with Crippen molar-refractivity contribution in [3.8, 4) is 17.6 Å². The summed E-state index contributed by atoms with van der Waals surface area (Å²) in [5.74, 6) is -0.660. The van der Waals surface area contributed by atoms with Gasteiger partial charge in [0.05, 0.1) is 30.0 Å². The summed E-state index contributed by atoms with van der Waals surface area (Å²) < 4.78 is 7.22. The van der Waals surface area contributed by atoms with Gasteiger partial charge in [-0.25, -0.2) is 4.98 Å². The zero-order valence-corrected chi connectivity index (χ0v) is 16.7. The van der Waals surface area contributed by atoms with E-state index in [4.69, 9.17) is 20.4 Å². The molecule has 8 nitrogen and oxygen atoms in total. The molecule has 0 saturated carbocycles. The molecule has 0 saturated heterocycles. The summed E-state index contributed by atoms with van der Waals surface area (Å²) in [6.45, 7) is 3.88. The van der Waals surface area contributed by atoms with Crippen molar-refractivity contribution >= 4 is 34.2 Å². The molecule has 0 amide bonds. The number of nitriles is 1. The van der Waals surface area contributed by atoms with Crippen molar-refractivity contribution in [2.24, 2.45) is 5.92 Å². The van der Waals surface area contributed by atoms with Crippen molar-refractivity contribution in [3.63, 3.8) is 0 Å². The normalized spacial score (nSPS) is 13.4. The summed E-state index contributed by atoms with van der Waals surface area (Å²) in [6, 6.07) is 9.51. The highest BCUT2D eigenvalue weighted by Crippen LogP contribution is 2.33. The zero-order chi connectivity index (χ0) is 20.3. The first kappa shape index (κ1) is 19.9. The van der Waals surface area contributed by atoms with Gasteiger partial charge in [0, 0.05) is 18.2 Å². The molecule has 0 aliphatic carbocycles. The van der Waals surface area contributed by atoms with Crippen molar-refractivity contribution in [2.45, 2.75) is 25.0 Å². The van der Waals surface area contributed by atoms with Gasteiger partial charge in [-0.05, 0) is 19.9 Å². The van der Waals surface area contributed by atoms with Crippen molar-refractivity contribution in [1.82, 2.24) is 19.7 Å². The highest BCUT2D eigenvalue weighted by atomic mass is 32.2. The second kappa shape index (κ2) is 8.46. The van der Waals surface area contributed by atoms with Gasteiger partial charge in [-0.2, -0.15) is 5.26 Å². The summed E-state index contributed by atoms with van der Waals surface area (Å²) in [5, 5.41) is 26.8. The van der Waals surface area contributed by atoms with Crippen LogP contribution in [0.2, 0.25) is 0 Å². The summed E-state index contributed by atoms with van der Waals surface area (Å²) in [7, 11) is 1.62. The fourth-order valence-corrected chi connectivity index (χ4v) is 3.94. The monoisotopic (exact) mass is 396 g/mol. The number of carbonyl (C=O) groups is 1. The Labute approximate surface area is 166 Å².